The number of fused-ring (bicyclic) bond motifs is 2. The molecule has 21 heavy (non-hydrogen) atoms. The number of likely N-dealkylation sites (tertiary alicyclic amines) is 2. The maximum atomic E-state index is 11.4. The lowest BCUT2D eigenvalue weighted by Gasteiger charge is -2.32. The first-order chi connectivity index (χ1) is 10.1. The number of piperazine rings is 1. The summed E-state index contributed by atoms with van der Waals surface area (Å²) in [6, 6.07) is 7.81. The van der Waals surface area contributed by atoms with Crippen molar-refractivity contribution < 1.29 is 19.4 Å². The van der Waals surface area contributed by atoms with Gasteiger partial charge in [0, 0.05) is 31.7 Å². The summed E-state index contributed by atoms with van der Waals surface area (Å²) in [5.74, 6) is -0.334. The van der Waals surface area contributed by atoms with Gasteiger partial charge in [-0.05, 0) is 24.1 Å². The molecule has 1 N–H and O–H groups in total. The van der Waals surface area contributed by atoms with Crippen LogP contribution in [0, 0.1) is 0 Å². The fourth-order valence-electron chi connectivity index (χ4n) is 3.28. The third-order valence-electron chi connectivity index (χ3n) is 4.36. The second kappa shape index (κ2) is 5.37. The summed E-state index contributed by atoms with van der Waals surface area (Å²) in [7, 11) is 1.37. The summed E-state index contributed by atoms with van der Waals surface area (Å²) in [5.41, 5.74) is 1.67. The Hall–Kier alpha value is -2.08. The Morgan fingerprint density at radius 3 is 2.48 bits per heavy atom. The van der Waals surface area contributed by atoms with Crippen LogP contribution in [-0.4, -0.2) is 59.3 Å². The molecule has 112 valence electrons. The van der Waals surface area contributed by atoms with Gasteiger partial charge in [-0.1, -0.05) is 12.1 Å². The highest BCUT2D eigenvalue weighted by molar-refractivity contribution is 5.89. The van der Waals surface area contributed by atoms with Crippen LogP contribution in [0.1, 0.15) is 22.3 Å². The van der Waals surface area contributed by atoms with Gasteiger partial charge in [0.25, 0.3) is 0 Å². The predicted molar refractivity (Wildman–Crippen MR) is 75.1 cm³/mol. The highest BCUT2D eigenvalue weighted by Gasteiger charge is 2.45. The molecule has 2 aliphatic rings. The van der Waals surface area contributed by atoms with E-state index in [2.05, 4.69) is 9.64 Å². The Kier molecular flexibility index (Phi) is 3.55. The molecule has 0 radical (unpaired) electrons. The van der Waals surface area contributed by atoms with E-state index in [0.717, 1.165) is 25.1 Å². The number of benzene rings is 1. The van der Waals surface area contributed by atoms with Gasteiger partial charge in [0.05, 0.1) is 12.7 Å². The van der Waals surface area contributed by atoms with Crippen molar-refractivity contribution in [2.45, 2.75) is 25.0 Å². The molecule has 2 heterocycles. The molecule has 6 heteroatoms. The minimum absolute atomic E-state index is 0.127. The molecule has 0 saturated carbocycles. The fourth-order valence-corrected chi connectivity index (χ4v) is 3.28. The zero-order chi connectivity index (χ0) is 15.0. The van der Waals surface area contributed by atoms with Gasteiger partial charge in [0.15, 0.2) is 0 Å². The molecule has 2 unspecified atom stereocenters. The number of methoxy groups -OCH3 is 1. The molecule has 0 aliphatic carbocycles. The molecule has 6 nitrogen and oxygen atoms in total. The first-order valence-electron chi connectivity index (χ1n) is 6.99. The SMILES string of the molecule is COC(=O)c1ccc(CN2CC3CC2CN3C(=O)O)cc1. The largest absolute Gasteiger partial charge is 0.465 e. The molecule has 0 spiro atoms. The molecule has 3 rings (SSSR count). The van der Waals surface area contributed by atoms with Crippen molar-refractivity contribution in [3.63, 3.8) is 0 Å². The van der Waals surface area contributed by atoms with Gasteiger partial charge in [-0.15, -0.1) is 0 Å². The molecule has 1 amide bonds. The van der Waals surface area contributed by atoms with E-state index in [4.69, 9.17) is 5.11 Å². The van der Waals surface area contributed by atoms with Gasteiger partial charge >= 0.3 is 12.1 Å². The van der Waals surface area contributed by atoms with E-state index < -0.39 is 6.09 Å². The van der Waals surface area contributed by atoms with E-state index in [1.54, 1.807) is 17.0 Å². The number of ether oxygens (including phenoxy) is 1. The zero-order valence-electron chi connectivity index (χ0n) is 11.9. The highest BCUT2D eigenvalue weighted by atomic mass is 16.5. The van der Waals surface area contributed by atoms with E-state index in [1.807, 2.05) is 12.1 Å². The van der Waals surface area contributed by atoms with Crippen molar-refractivity contribution in [1.29, 1.82) is 0 Å². The normalized spacial score (nSPS) is 24.3. The van der Waals surface area contributed by atoms with Crippen LogP contribution in [0.5, 0.6) is 0 Å². The number of carboxylic acid groups (broad SMARTS) is 1. The van der Waals surface area contributed by atoms with E-state index >= 15 is 0 Å². The Balaban J connectivity index is 1.62. The first-order valence-corrected chi connectivity index (χ1v) is 6.99. The maximum absolute atomic E-state index is 11.4. The molecule has 2 atom stereocenters. The average Bonchev–Trinajstić information content (AvgIpc) is 3.07. The molecule has 2 bridgehead atoms. The maximum Gasteiger partial charge on any atom is 0.407 e. The summed E-state index contributed by atoms with van der Waals surface area (Å²) in [5, 5.41) is 9.08. The lowest BCUT2D eigenvalue weighted by Crippen LogP contribution is -2.47. The first kappa shape index (κ1) is 13.9. The lowest BCUT2D eigenvalue weighted by atomic mass is 10.1. The molecular formula is C15H18N2O4. The van der Waals surface area contributed by atoms with Gasteiger partial charge in [-0.25, -0.2) is 9.59 Å². The van der Waals surface area contributed by atoms with Crippen LogP contribution in [-0.2, 0) is 11.3 Å². The number of carbonyl (C=O) groups excluding carboxylic acids is 1. The monoisotopic (exact) mass is 290 g/mol. The Bertz CT molecular complexity index is 557. The molecular weight excluding hydrogens is 272 g/mol. The highest BCUT2D eigenvalue weighted by Crippen LogP contribution is 2.31. The van der Waals surface area contributed by atoms with Gasteiger partial charge < -0.3 is 14.7 Å². The van der Waals surface area contributed by atoms with E-state index in [1.165, 1.54) is 7.11 Å². The number of carbonyl (C=O) groups is 2. The van der Waals surface area contributed by atoms with Crippen LogP contribution in [0.25, 0.3) is 0 Å². The zero-order valence-corrected chi connectivity index (χ0v) is 11.9. The molecule has 1 aromatic rings. The lowest BCUT2D eigenvalue weighted by molar-refractivity contribution is 0.0600. The van der Waals surface area contributed by atoms with Gasteiger partial charge in [-0.2, -0.15) is 0 Å². The standard InChI is InChI=1S/C15H18N2O4/c1-21-14(18)11-4-2-10(3-5-11)7-16-8-13-6-12(16)9-17(13)15(19)20/h2-5,12-13H,6-9H2,1H3,(H,19,20). The molecule has 2 saturated heterocycles. The summed E-state index contributed by atoms with van der Waals surface area (Å²) in [6.45, 7) is 2.17. The van der Waals surface area contributed by atoms with Crippen molar-refractivity contribution in [2.24, 2.45) is 0 Å². The van der Waals surface area contributed by atoms with Crippen molar-refractivity contribution in [2.75, 3.05) is 20.2 Å². The van der Waals surface area contributed by atoms with Crippen LogP contribution >= 0.6 is 0 Å². The van der Waals surface area contributed by atoms with E-state index in [0.29, 0.717) is 18.2 Å². The van der Waals surface area contributed by atoms with Crippen molar-refractivity contribution in [3.05, 3.63) is 35.4 Å². The quantitative estimate of drug-likeness (QED) is 0.852. The second-order valence-corrected chi connectivity index (χ2v) is 5.60. The molecule has 2 fully saturated rings. The summed E-state index contributed by atoms with van der Waals surface area (Å²) in [6.07, 6.45) is 0.108. The Morgan fingerprint density at radius 1 is 1.24 bits per heavy atom. The average molecular weight is 290 g/mol. The fraction of sp³-hybridized carbons (Fsp3) is 0.467. The third kappa shape index (κ3) is 2.58. The Morgan fingerprint density at radius 2 is 1.95 bits per heavy atom. The minimum Gasteiger partial charge on any atom is -0.465 e. The van der Waals surface area contributed by atoms with E-state index in [9.17, 15) is 9.59 Å². The number of hydrogen-bond donors (Lipinski definition) is 1. The number of hydrogen-bond acceptors (Lipinski definition) is 4. The Labute approximate surface area is 122 Å². The number of esters is 1. The summed E-state index contributed by atoms with van der Waals surface area (Å²) in [4.78, 5) is 26.3. The molecule has 1 aromatic carbocycles. The van der Waals surface area contributed by atoms with Crippen LogP contribution in [0.3, 0.4) is 0 Å². The summed E-state index contributed by atoms with van der Waals surface area (Å²) < 4.78 is 4.67. The third-order valence-corrected chi connectivity index (χ3v) is 4.36. The van der Waals surface area contributed by atoms with Crippen molar-refractivity contribution >= 4 is 12.1 Å². The van der Waals surface area contributed by atoms with Gasteiger partial charge in [0.1, 0.15) is 0 Å². The number of amides is 1. The van der Waals surface area contributed by atoms with Crippen molar-refractivity contribution in [3.8, 4) is 0 Å². The van der Waals surface area contributed by atoms with Crippen LogP contribution in [0.4, 0.5) is 4.79 Å². The van der Waals surface area contributed by atoms with Gasteiger partial charge in [0.2, 0.25) is 0 Å². The van der Waals surface area contributed by atoms with Gasteiger partial charge in [-0.3, -0.25) is 4.90 Å². The molecule has 0 aromatic heterocycles. The van der Waals surface area contributed by atoms with E-state index in [-0.39, 0.29) is 12.0 Å². The van der Waals surface area contributed by atoms with Crippen LogP contribution in [0.2, 0.25) is 0 Å². The van der Waals surface area contributed by atoms with Crippen LogP contribution in [0.15, 0.2) is 24.3 Å². The topological polar surface area (TPSA) is 70.1 Å². The predicted octanol–water partition coefficient (Wildman–Crippen LogP) is 1.41. The summed E-state index contributed by atoms with van der Waals surface area (Å²) >= 11 is 0. The smallest absolute Gasteiger partial charge is 0.407 e. The van der Waals surface area contributed by atoms with Crippen molar-refractivity contribution in [1.82, 2.24) is 9.80 Å². The van der Waals surface area contributed by atoms with Crippen LogP contribution < -0.4 is 0 Å². The number of nitrogens with zero attached hydrogens (tertiary/aromatic N) is 2. The minimum atomic E-state index is -0.815. The second-order valence-electron chi connectivity index (χ2n) is 5.60. The molecule has 2 aliphatic heterocycles. The number of rotatable bonds is 3.